The van der Waals surface area contributed by atoms with E-state index in [-0.39, 0.29) is 0 Å². The summed E-state index contributed by atoms with van der Waals surface area (Å²) in [6, 6.07) is 14.1. The summed E-state index contributed by atoms with van der Waals surface area (Å²) >= 11 is 6.79. The monoisotopic (exact) mass is 435 g/mol. The first-order valence-corrected chi connectivity index (χ1v) is 9.12. The van der Waals surface area contributed by atoms with E-state index in [1.807, 2.05) is 54.6 Å². The zero-order chi connectivity index (χ0) is 16.1. The van der Waals surface area contributed by atoms with E-state index in [0.717, 1.165) is 38.0 Å². The average molecular weight is 437 g/mol. The van der Waals surface area contributed by atoms with Gasteiger partial charge in [-0.3, -0.25) is 0 Å². The molecular weight excluding hydrogens is 422 g/mol. The standard InChI is InChI=1S/C18H15Br2NO2/c19-9-1-2-10-22-16-7-8-17-14(11-16)12-23-21-18(17)13-3-5-15(20)6-4-13/h1-8,11H,9-10,12H2. The molecule has 118 valence electrons. The number of allylic oxidation sites excluding steroid dienone is 1. The van der Waals surface area contributed by atoms with Crippen molar-refractivity contribution in [3.63, 3.8) is 0 Å². The minimum absolute atomic E-state index is 0.462. The van der Waals surface area contributed by atoms with E-state index in [2.05, 4.69) is 37.0 Å². The van der Waals surface area contributed by atoms with Crippen LogP contribution in [0.5, 0.6) is 5.75 Å². The van der Waals surface area contributed by atoms with Crippen LogP contribution in [0.1, 0.15) is 16.7 Å². The lowest BCUT2D eigenvalue weighted by atomic mass is 9.97. The molecule has 5 heteroatoms. The summed E-state index contributed by atoms with van der Waals surface area (Å²) in [5.74, 6) is 0.837. The Kier molecular flexibility index (Phi) is 5.51. The molecule has 23 heavy (non-hydrogen) atoms. The first-order valence-electron chi connectivity index (χ1n) is 7.21. The zero-order valence-corrected chi connectivity index (χ0v) is 15.5. The second kappa shape index (κ2) is 7.79. The lowest BCUT2D eigenvalue weighted by Gasteiger charge is -2.18. The van der Waals surface area contributed by atoms with Crippen LogP contribution in [0.4, 0.5) is 0 Å². The number of hydrogen-bond donors (Lipinski definition) is 0. The van der Waals surface area contributed by atoms with Gasteiger partial charge < -0.3 is 9.57 Å². The van der Waals surface area contributed by atoms with Gasteiger partial charge in [-0.05, 0) is 30.3 Å². The minimum Gasteiger partial charge on any atom is -0.490 e. The van der Waals surface area contributed by atoms with Gasteiger partial charge in [-0.1, -0.05) is 61.3 Å². The van der Waals surface area contributed by atoms with Crippen molar-refractivity contribution < 1.29 is 9.57 Å². The van der Waals surface area contributed by atoms with E-state index >= 15 is 0 Å². The third-order valence-electron chi connectivity index (χ3n) is 3.43. The van der Waals surface area contributed by atoms with Crippen molar-refractivity contribution in [3.05, 3.63) is 75.8 Å². The molecule has 3 rings (SSSR count). The maximum Gasteiger partial charge on any atom is 0.143 e. The van der Waals surface area contributed by atoms with Crippen LogP contribution in [0.2, 0.25) is 0 Å². The van der Waals surface area contributed by atoms with Gasteiger partial charge in [0.25, 0.3) is 0 Å². The molecule has 3 nitrogen and oxygen atoms in total. The van der Waals surface area contributed by atoms with Crippen molar-refractivity contribution in [2.75, 3.05) is 11.9 Å². The van der Waals surface area contributed by atoms with Gasteiger partial charge in [-0.25, -0.2) is 0 Å². The van der Waals surface area contributed by atoms with E-state index in [1.165, 1.54) is 0 Å². The van der Waals surface area contributed by atoms with Crippen LogP contribution in [-0.2, 0) is 11.4 Å². The van der Waals surface area contributed by atoms with Crippen LogP contribution in [0.15, 0.2) is 64.2 Å². The Morgan fingerprint density at radius 3 is 2.74 bits per heavy atom. The first kappa shape index (κ1) is 16.3. The van der Waals surface area contributed by atoms with Crippen LogP contribution in [0.25, 0.3) is 0 Å². The zero-order valence-electron chi connectivity index (χ0n) is 12.3. The Balaban J connectivity index is 1.82. The Morgan fingerprint density at radius 1 is 1.13 bits per heavy atom. The molecule has 0 saturated carbocycles. The molecule has 2 aromatic rings. The van der Waals surface area contributed by atoms with Crippen LogP contribution in [0.3, 0.4) is 0 Å². The summed E-state index contributed by atoms with van der Waals surface area (Å²) in [5.41, 5.74) is 4.05. The van der Waals surface area contributed by atoms with E-state index < -0.39 is 0 Å². The third kappa shape index (κ3) is 4.03. The van der Waals surface area contributed by atoms with Gasteiger partial charge in [0.15, 0.2) is 0 Å². The number of halogens is 2. The lowest BCUT2D eigenvalue weighted by Crippen LogP contribution is -2.13. The number of alkyl halides is 1. The van der Waals surface area contributed by atoms with Gasteiger partial charge in [0, 0.05) is 26.5 Å². The van der Waals surface area contributed by atoms with Crippen molar-refractivity contribution in [1.29, 1.82) is 0 Å². The Hall–Kier alpha value is -1.59. The van der Waals surface area contributed by atoms with E-state index in [4.69, 9.17) is 9.57 Å². The van der Waals surface area contributed by atoms with Crippen molar-refractivity contribution in [2.24, 2.45) is 5.16 Å². The normalized spacial score (nSPS) is 13.4. The number of oxime groups is 1. The summed E-state index contributed by atoms with van der Waals surface area (Å²) in [6.45, 7) is 1.02. The van der Waals surface area contributed by atoms with E-state index in [0.29, 0.717) is 13.2 Å². The van der Waals surface area contributed by atoms with Gasteiger partial charge in [0.05, 0.1) is 0 Å². The second-order valence-corrected chi connectivity index (χ2v) is 6.54. The molecule has 0 radical (unpaired) electrons. The van der Waals surface area contributed by atoms with Crippen LogP contribution >= 0.6 is 31.9 Å². The Morgan fingerprint density at radius 2 is 1.96 bits per heavy atom. The van der Waals surface area contributed by atoms with E-state index in [9.17, 15) is 0 Å². The summed E-state index contributed by atoms with van der Waals surface area (Å²) in [4.78, 5) is 5.39. The third-order valence-corrected chi connectivity index (χ3v) is 4.33. The average Bonchev–Trinajstić information content (AvgIpc) is 2.59. The summed E-state index contributed by atoms with van der Waals surface area (Å²) in [6.07, 6.45) is 4.00. The molecule has 2 aromatic carbocycles. The van der Waals surface area contributed by atoms with Crippen LogP contribution < -0.4 is 4.74 Å². The molecule has 0 atom stereocenters. The summed E-state index contributed by atoms with van der Waals surface area (Å²) < 4.78 is 6.76. The molecule has 0 aromatic heterocycles. The molecule has 0 unspecified atom stereocenters. The molecule has 0 fully saturated rings. The highest BCUT2D eigenvalue weighted by Crippen LogP contribution is 2.26. The van der Waals surface area contributed by atoms with Gasteiger partial charge in [-0.15, -0.1) is 0 Å². The SMILES string of the molecule is BrCC=CCOc1ccc2c(c1)CON=C2c1ccc(Br)cc1. The van der Waals surface area contributed by atoms with E-state index in [1.54, 1.807) is 0 Å². The number of nitrogens with zero attached hydrogens (tertiary/aromatic N) is 1. The molecule has 1 aliphatic heterocycles. The highest BCUT2D eigenvalue weighted by atomic mass is 79.9. The number of fused-ring (bicyclic) bond motifs is 1. The van der Waals surface area contributed by atoms with Crippen LogP contribution in [-0.4, -0.2) is 17.6 Å². The molecule has 0 spiro atoms. The Labute approximate surface area is 152 Å². The molecule has 1 aliphatic rings. The molecule has 1 heterocycles. The molecule has 0 bridgehead atoms. The van der Waals surface area contributed by atoms with Crippen molar-refractivity contribution >= 4 is 37.6 Å². The lowest BCUT2D eigenvalue weighted by molar-refractivity contribution is 0.126. The number of benzene rings is 2. The Bertz CT molecular complexity index is 739. The second-order valence-electron chi connectivity index (χ2n) is 4.98. The summed E-state index contributed by atoms with van der Waals surface area (Å²) in [5, 5.41) is 5.07. The van der Waals surface area contributed by atoms with Crippen molar-refractivity contribution in [1.82, 2.24) is 0 Å². The topological polar surface area (TPSA) is 30.8 Å². The van der Waals surface area contributed by atoms with Crippen molar-refractivity contribution in [3.8, 4) is 5.75 Å². The van der Waals surface area contributed by atoms with Gasteiger partial charge in [0.2, 0.25) is 0 Å². The quantitative estimate of drug-likeness (QED) is 0.484. The fraction of sp³-hybridized carbons (Fsp3) is 0.167. The smallest absolute Gasteiger partial charge is 0.143 e. The minimum atomic E-state index is 0.462. The van der Waals surface area contributed by atoms with Gasteiger partial charge in [-0.2, -0.15) is 0 Å². The highest BCUT2D eigenvalue weighted by Gasteiger charge is 2.18. The fourth-order valence-corrected chi connectivity index (χ4v) is 2.85. The van der Waals surface area contributed by atoms with Crippen molar-refractivity contribution in [2.45, 2.75) is 6.61 Å². The predicted octanol–water partition coefficient (Wildman–Crippen LogP) is 5.06. The maximum absolute atomic E-state index is 5.72. The van der Waals surface area contributed by atoms with Crippen LogP contribution in [0, 0.1) is 0 Å². The number of rotatable bonds is 5. The summed E-state index contributed by atoms with van der Waals surface area (Å²) in [7, 11) is 0. The maximum atomic E-state index is 5.72. The largest absolute Gasteiger partial charge is 0.490 e. The first-order chi connectivity index (χ1) is 11.3. The number of hydrogen-bond acceptors (Lipinski definition) is 3. The van der Waals surface area contributed by atoms with Gasteiger partial charge in [0.1, 0.15) is 24.7 Å². The predicted molar refractivity (Wildman–Crippen MR) is 99.4 cm³/mol. The molecule has 0 saturated heterocycles. The highest BCUT2D eigenvalue weighted by molar-refractivity contribution is 9.10. The molecule has 0 amide bonds. The molecule has 0 aliphatic carbocycles. The molecule has 0 N–H and O–H groups in total. The molecular formula is C18H15Br2NO2. The van der Waals surface area contributed by atoms with Gasteiger partial charge >= 0.3 is 0 Å². The number of ether oxygens (including phenoxy) is 1. The fourth-order valence-electron chi connectivity index (χ4n) is 2.32.